The van der Waals surface area contributed by atoms with Gasteiger partial charge in [0.25, 0.3) is 0 Å². The Hall–Kier alpha value is -2.33. The zero-order chi connectivity index (χ0) is 14.1. The number of hydrogen-bond acceptors (Lipinski definition) is 4. The number of halogens is 1. The lowest BCUT2D eigenvalue weighted by atomic mass is 10.3. The fourth-order valence-corrected chi connectivity index (χ4v) is 2.10. The van der Waals surface area contributed by atoms with Gasteiger partial charge < -0.3 is 10.5 Å². The number of fused-ring (bicyclic) bond motifs is 1. The van der Waals surface area contributed by atoms with E-state index in [1.54, 1.807) is 18.2 Å². The fraction of sp³-hybridized carbons (Fsp3) is 0.0667. The number of aryl methyl sites for hydroxylation is 1. The predicted octanol–water partition coefficient (Wildman–Crippen LogP) is 3.97. The highest BCUT2D eigenvalue weighted by Gasteiger charge is 2.09. The molecule has 0 aliphatic carbocycles. The summed E-state index contributed by atoms with van der Waals surface area (Å²) in [6.45, 7) is 1.85. The van der Waals surface area contributed by atoms with E-state index in [2.05, 4.69) is 9.97 Å². The molecular formula is C15H12ClN3O. The average molecular weight is 286 g/mol. The highest BCUT2D eigenvalue weighted by atomic mass is 35.5. The second kappa shape index (κ2) is 4.98. The van der Waals surface area contributed by atoms with Crippen molar-refractivity contribution < 1.29 is 4.74 Å². The van der Waals surface area contributed by atoms with E-state index >= 15 is 0 Å². The van der Waals surface area contributed by atoms with E-state index in [0.717, 1.165) is 11.0 Å². The number of nitrogen functional groups attached to an aromatic ring is 1. The summed E-state index contributed by atoms with van der Waals surface area (Å²) in [5.74, 6) is 0.948. The molecule has 0 saturated carbocycles. The van der Waals surface area contributed by atoms with Crippen LogP contribution in [0.15, 0.2) is 42.5 Å². The maximum atomic E-state index is 6.10. The standard InChI is InChI=1S/C15H12ClN3O/c1-9-15(19-13-5-3-2-4-12(13)18-9)20-14-7-6-10(17)8-11(14)16/h2-8H,17H2,1H3. The molecule has 0 amide bonds. The van der Waals surface area contributed by atoms with Gasteiger partial charge in [-0.1, -0.05) is 23.7 Å². The topological polar surface area (TPSA) is 61.0 Å². The molecular weight excluding hydrogens is 274 g/mol. The minimum absolute atomic E-state index is 0.440. The Kier molecular flexibility index (Phi) is 3.16. The largest absolute Gasteiger partial charge is 0.436 e. The quantitative estimate of drug-likeness (QED) is 0.724. The van der Waals surface area contributed by atoms with Crippen LogP contribution < -0.4 is 10.5 Å². The van der Waals surface area contributed by atoms with Crippen molar-refractivity contribution in [3.63, 3.8) is 0 Å². The van der Waals surface area contributed by atoms with Crippen LogP contribution in [0.2, 0.25) is 5.02 Å². The van der Waals surface area contributed by atoms with Gasteiger partial charge in [-0.05, 0) is 37.3 Å². The molecule has 0 spiro atoms. The number of nitrogens with two attached hydrogens (primary N) is 1. The minimum Gasteiger partial charge on any atom is -0.436 e. The van der Waals surface area contributed by atoms with Crippen LogP contribution in [0, 0.1) is 6.92 Å². The summed E-state index contributed by atoms with van der Waals surface area (Å²) in [5, 5.41) is 0.444. The highest BCUT2D eigenvalue weighted by molar-refractivity contribution is 6.32. The SMILES string of the molecule is Cc1nc2ccccc2nc1Oc1ccc(N)cc1Cl. The van der Waals surface area contributed by atoms with E-state index in [1.165, 1.54) is 0 Å². The molecule has 0 radical (unpaired) electrons. The van der Waals surface area contributed by atoms with Gasteiger partial charge in [-0.2, -0.15) is 0 Å². The number of nitrogens with zero attached hydrogens (tertiary/aromatic N) is 2. The van der Waals surface area contributed by atoms with Crippen LogP contribution in [0.1, 0.15) is 5.69 Å². The first kappa shape index (κ1) is 12.7. The molecule has 0 aliphatic rings. The maximum Gasteiger partial charge on any atom is 0.241 e. The van der Waals surface area contributed by atoms with Crippen molar-refractivity contribution in [2.75, 3.05) is 5.73 Å². The van der Waals surface area contributed by atoms with Crippen LogP contribution in [0.3, 0.4) is 0 Å². The summed E-state index contributed by atoms with van der Waals surface area (Å²) in [6.07, 6.45) is 0. The number of aromatic nitrogens is 2. The van der Waals surface area contributed by atoms with E-state index in [-0.39, 0.29) is 0 Å². The van der Waals surface area contributed by atoms with Gasteiger partial charge in [-0.25, -0.2) is 9.97 Å². The number of rotatable bonds is 2. The fourth-order valence-electron chi connectivity index (χ4n) is 1.87. The van der Waals surface area contributed by atoms with Crippen molar-refractivity contribution in [3.8, 4) is 11.6 Å². The molecule has 3 rings (SSSR count). The van der Waals surface area contributed by atoms with E-state index in [0.29, 0.717) is 28.0 Å². The van der Waals surface area contributed by atoms with Crippen molar-refractivity contribution in [1.82, 2.24) is 9.97 Å². The first-order chi connectivity index (χ1) is 9.63. The van der Waals surface area contributed by atoms with Crippen LogP contribution in [-0.4, -0.2) is 9.97 Å². The lowest BCUT2D eigenvalue weighted by Gasteiger charge is -2.10. The maximum absolute atomic E-state index is 6.10. The van der Waals surface area contributed by atoms with Gasteiger partial charge in [0.05, 0.1) is 16.1 Å². The van der Waals surface area contributed by atoms with Crippen molar-refractivity contribution >= 4 is 28.3 Å². The number of ether oxygens (including phenoxy) is 1. The molecule has 3 aromatic rings. The van der Waals surface area contributed by atoms with Crippen molar-refractivity contribution in [3.05, 3.63) is 53.2 Å². The molecule has 0 bridgehead atoms. The Morgan fingerprint density at radius 1 is 1.05 bits per heavy atom. The number of hydrogen-bond donors (Lipinski definition) is 1. The third kappa shape index (κ3) is 2.38. The molecule has 100 valence electrons. The summed E-state index contributed by atoms with van der Waals surface area (Å²) in [6, 6.07) is 12.7. The summed E-state index contributed by atoms with van der Waals surface area (Å²) in [4.78, 5) is 8.92. The molecule has 0 saturated heterocycles. The van der Waals surface area contributed by atoms with Gasteiger partial charge >= 0.3 is 0 Å². The number of benzene rings is 2. The molecule has 1 aromatic heterocycles. The molecule has 4 nitrogen and oxygen atoms in total. The zero-order valence-corrected chi connectivity index (χ0v) is 11.6. The molecule has 0 fully saturated rings. The first-order valence-electron chi connectivity index (χ1n) is 6.10. The molecule has 2 N–H and O–H groups in total. The third-order valence-corrected chi connectivity index (χ3v) is 3.16. The van der Waals surface area contributed by atoms with Gasteiger partial charge in [-0.15, -0.1) is 0 Å². The molecule has 0 unspecified atom stereocenters. The predicted molar refractivity (Wildman–Crippen MR) is 80.2 cm³/mol. The summed E-state index contributed by atoms with van der Waals surface area (Å²) >= 11 is 6.10. The zero-order valence-electron chi connectivity index (χ0n) is 10.8. The molecule has 20 heavy (non-hydrogen) atoms. The van der Waals surface area contributed by atoms with Crippen LogP contribution in [0.4, 0.5) is 5.69 Å². The van der Waals surface area contributed by atoms with Gasteiger partial charge in [-0.3, -0.25) is 0 Å². The number of para-hydroxylation sites is 2. The van der Waals surface area contributed by atoms with E-state index in [4.69, 9.17) is 22.1 Å². The van der Waals surface area contributed by atoms with Crippen LogP contribution in [0.25, 0.3) is 11.0 Å². The van der Waals surface area contributed by atoms with Gasteiger partial charge in [0, 0.05) is 5.69 Å². The highest BCUT2D eigenvalue weighted by Crippen LogP contribution is 2.31. The average Bonchev–Trinajstić information content (AvgIpc) is 2.42. The van der Waals surface area contributed by atoms with Crippen molar-refractivity contribution in [1.29, 1.82) is 0 Å². The Morgan fingerprint density at radius 3 is 2.45 bits per heavy atom. The van der Waals surface area contributed by atoms with Gasteiger partial charge in [0.2, 0.25) is 5.88 Å². The molecule has 1 heterocycles. The summed E-state index contributed by atoms with van der Waals surface area (Å²) in [5.41, 5.74) is 8.56. The normalized spacial score (nSPS) is 10.7. The first-order valence-corrected chi connectivity index (χ1v) is 6.47. The second-order valence-electron chi connectivity index (χ2n) is 4.39. The Bertz CT molecular complexity index is 789. The van der Waals surface area contributed by atoms with Crippen molar-refractivity contribution in [2.24, 2.45) is 0 Å². The Balaban J connectivity index is 2.03. The Labute approximate surface area is 121 Å². The van der Waals surface area contributed by atoms with Crippen LogP contribution in [0.5, 0.6) is 11.6 Å². The van der Waals surface area contributed by atoms with E-state index in [1.807, 2.05) is 31.2 Å². The molecule has 5 heteroatoms. The number of anilines is 1. The summed E-state index contributed by atoms with van der Waals surface area (Å²) < 4.78 is 5.74. The minimum atomic E-state index is 0.440. The lowest BCUT2D eigenvalue weighted by Crippen LogP contribution is -1.96. The molecule has 0 atom stereocenters. The van der Waals surface area contributed by atoms with Crippen LogP contribution in [-0.2, 0) is 0 Å². The van der Waals surface area contributed by atoms with E-state index < -0.39 is 0 Å². The van der Waals surface area contributed by atoms with Gasteiger partial charge in [0.1, 0.15) is 11.4 Å². The van der Waals surface area contributed by atoms with Crippen LogP contribution >= 0.6 is 11.6 Å². The third-order valence-electron chi connectivity index (χ3n) is 2.86. The lowest BCUT2D eigenvalue weighted by molar-refractivity contribution is 0.458. The summed E-state index contributed by atoms with van der Waals surface area (Å²) in [7, 11) is 0. The smallest absolute Gasteiger partial charge is 0.241 e. The van der Waals surface area contributed by atoms with E-state index in [9.17, 15) is 0 Å². The second-order valence-corrected chi connectivity index (χ2v) is 4.80. The van der Waals surface area contributed by atoms with Crippen molar-refractivity contribution in [2.45, 2.75) is 6.92 Å². The van der Waals surface area contributed by atoms with Gasteiger partial charge in [0.15, 0.2) is 0 Å². The Morgan fingerprint density at radius 2 is 1.75 bits per heavy atom. The monoisotopic (exact) mass is 285 g/mol. The molecule has 2 aromatic carbocycles. The molecule has 0 aliphatic heterocycles.